The van der Waals surface area contributed by atoms with Gasteiger partial charge in [-0.15, -0.1) is 0 Å². The number of nitrogens with zero attached hydrogens (tertiary/aromatic N) is 2. The van der Waals surface area contributed by atoms with Crippen LogP contribution in [-0.4, -0.2) is 20.9 Å². The molecule has 6 heteroatoms. The van der Waals surface area contributed by atoms with Crippen LogP contribution in [0, 0.1) is 6.92 Å². The zero-order chi connectivity index (χ0) is 13.8. The van der Waals surface area contributed by atoms with Gasteiger partial charge in [-0.05, 0) is 19.1 Å². The van der Waals surface area contributed by atoms with Crippen molar-refractivity contribution in [1.29, 1.82) is 0 Å². The number of thiocarbonyl (C=S) groups is 1. The van der Waals surface area contributed by atoms with E-state index in [4.69, 9.17) is 18.0 Å². The molecular weight excluding hydrogens is 260 g/mol. The molecule has 0 spiro atoms. The third-order valence-corrected chi connectivity index (χ3v) is 2.67. The largest absolute Gasteiger partial charge is 0.389 e. The van der Waals surface area contributed by atoms with Crippen LogP contribution in [-0.2, 0) is 0 Å². The summed E-state index contributed by atoms with van der Waals surface area (Å²) in [5, 5.41) is 2.72. The Morgan fingerprint density at radius 1 is 1.26 bits per heavy atom. The van der Waals surface area contributed by atoms with Gasteiger partial charge in [0.1, 0.15) is 10.7 Å². The quantitative estimate of drug-likeness (QED) is 0.831. The Labute approximate surface area is 115 Å². The lowest BCUT2D eigenvalue weighted by Gasteiger charge is -2.09. The minimum atomic E-state index is -0.351. The van der Waals surface area contributed by atoms with Crippen LogP contribution >= 0.6 is 12.2 Å². The zero-order valence-electron chi connectivity index (χ0n) is 10.3. The van der Waals surface area contributed by atoms with Crippen molar-refractivity contribution in [2.45, 2.75) is 6.92 Å². The number of anilines is 1. The lowest BCUT2D eigenvalue weighted by molar-refractivity contribution is 0.102. The van der Waals surface area contributed by atoms with E-state index in [1.54, 1.807) is 31.2 Å². The molecule has 0 bridgehead atoms. The fourth-order valence-electron chi connectivity index (χ4n) is 1.50. The average molecular weight is 272 g/mol. The first-order valence-corrected chi connectivity index (χ1v) is 5.97. The molecule has 0 aliphatic carbocycles. The first-order valence-electron chi connectivity index (χ1n) is 5.57. The number of nitrogens with two attached hydrogens (primary N) is 1. The minimum absolute atomic E-state index is 0.228. The van der Waals surface area contributed by atoms with Gasteiger partial charge >= 0.3 is 0 Å². The summed E-state index contributed by atoms with van der Waals surface area (Å²) in [6, 6.07) is 7.07. The molecule has 1 aromatic heterocycles. The van der Waals surface area contributed by atoms with Crippen LogP contribution in [0.4, 0.5) is 5.69 Å². The maximum Gasteiger partial charge on any atom is 0.275 e. The third kappa shape index (κ3) is 3.11. The van der Waals surface area contributed by atoms with Crippen molar-refractivity contribution in [3.05, 3.63) is 53.6 Å². The van der Waals surface area contributed by atoms with E-state index in [2.05, 4.69) is 15.3 Å². The fraction of sp³-hybridized carbons (Fsp3) is 0.0769. The van der Waals surface area contributed by atoms with Crippen molar-refractivity contribution in [1.82, 2.24) is 9.97 Å². The van der Waals surface area contributed by atoms with Gasteiger partial charge in [-0.25, -0.2) is 4.98 Å². The standard InChI is InChI=1S/C13H12N4OS/c1-8-6-16-11(7-15-8)13(18)17-10-5-3-2-4-9(10)12(14)19/h2-7H,1H3,(H2,14,19)(H,17,18). The van der Waals surface area contributed by atoms with Gasteiger partial charge in [0.2, 0.25) is 0 Å². The van der Waals surface area contributed by atoms with Crippen LogP contribution in [0.2, 0.25) is 0 Å². The number of carbonyl (C=O) groups excluding carboxylic acids is 1. The molecule has 2 rings (SSSR count). The summed E-state index contributed by atoms with van der Waals surface area (Å²) in [6.07, 6.45) is 2.96. The number of aryl methyl sites for hydroxylation is 1. The number of rotatable bonds is 3. The molecule has 0 saturated heterocycles. The van der Waals surface area contributed by atoms with Gasteiger partial charge in [0, 0.05) is 11.8 Å². The van der Waals surface area contributed by atoms with Crippen LogP contribution in [0.25, 0.3) is 0 Å². The molecule has 3 N–H and O–H groups in total. The molecule has 0 aliphatic heterocycles. The monoisotopic (exact) mass is 272 g/mol. The summed E-state index contributed by atoms with van der Waals surface area (Å²) in [6.45, 7) is 1.80. The maximum atomic E-state index is 12.0. The summed E-state index contributed by atoms with van der Waals surface area (Å²) < 4.78 is 0. The second kappa shape index (κ2) is 5.53. The summed E-state index contributed by atoms with van der Waals surface area (Å²) >= 11 is 4.93. The van der Waals surface area contributed by atoms with E-state index >= 15 is 0 Å². The molecule has 0 atom stereocenters. The highest BCUT2D eigenvalue weighted by Crippen LogP contribution is 2.15. The number of hydrogen-bond donors (Lipinski definition) is 2. The Hall–Kier alpha value is -2.34. The van der Waals surface area contributed by atoms with E-state index in [0.717, 1.165) is 5.69 Å². The number of amides is 1. The highest BCUT2D eigenvalue weighted by atomic mass is 32.1. The number of hydrogen-bond acceptors (Lipinski definition) is 4. The van der Waals surface area contributed by atoms with Crippen molar-refractivity contribution < 1.29 is 4.79 Å². The van der Waals surface area contributed by atoms with Gasteiger partial charge in [0.15, 0.2) is 0 Å². The third-order valence-electron chi connectivity index (χ3n) is 2.45. The molecule has 0 fully saturated rings. The molecule has 19 heavy (non-hydrogen) atoms. The summed E-state index contributed by atoms with van der Waals surface area (Å²) in [5.74, 6) is -0.351. The molecule has 1 aromatic carbocycles. The Morgan fingerprint density at radius 2 is 2.00 bits per heavy atom. The average Bonchev–Trinajstić information content (AvgIpc) is 2.39. The molecule has 1 heterocycles. The predicted molar refractivity (Wildman–Crippen MR) is 77.1 cm³/mol. The van der Waals surface area contributed by atoms with E-state index in [1.165, 1.54) is 12.4 Å². The van der Waals surface area contributed by atoms with Crippen molar-refractivity contribution >= 4 is 28.8 Å². The van der Waals surface area contributed by atoms with E-state index in [-0.39, 0.29) is 16.6 Å². The Morgan fingerprint density at radius 3 is 2.63 bits per heavy atom. The number of aromatic nitrogens is 2. The topological polar surface area (TPSA) is 80.9 Å². The zero-order valence-corrected chi connectivity index (χ0v) is 11.1. The van der Waals surface area contributed by atoms with E-state index < -0.39 is 0 Å². The number of carbonyl (C=O) groups is 1. The van der Waals surface area contributed by atoms with Crippen molar-refractivity contribution in [3.8, 4) is 0 Å². The van der Waals surface area contributed by atoms with Gasteiger partial charge in [0.05, 0.1) is 17.6 Å². The second-order valence-corrected chi connectivity index (χ2v) is 4.35. The molecule has 5 nitrogen and oxygen atoms in total. The summed E-state index contributed by atoms with van der Waals surface area (Å²) in [7, 11) is 0. The lowest BCUT2D eigenvalue weighted by atomic mass is 10.1. The van der Waals surface area contributed by atoms with Crippen LogP contribution in [0.15, 0.2) is 36.7 Å². The molecule has 0 unspecified atom stereocenters. The molecular formula is C13H12N4OS. The fourth-order valence-corrected chi connectivity index (χ4v) is 1.68. The van der Waals surface area contributed by atoms with Crippen molar-refractivity contribution in [2.24, 2.45) is 5.73 Å². The molecule has 96 valence electrons. The smallest absolute Gasteiger partial charge is 0.275 e. The second-order valence-electron chi connectivity index (χ2n) is 3.91. The van der Waals surface area contributed by atoms with Gasteiger partial charge < -0.3 is 11.1 Å². The Balaban J connectivity index is 2.24. The maximum absolute atomic E-state index is 12.0. The van der Waals surface area contributed by atoms with Crippen molar-refractivity contribution in [3.63, 3.8) is 0 Å². The first kappa shape index (κ1) is 13.1. The predicted octanol–water partition coefficient (Wildman–Crippen LogP) is 1.67. The molecule has 2 aromatic rings. The normalized spacial score (nSPS) is 9.95. The van der Waals surface area contributed by atoms with Crippen LogP contribution in [0.1, 0.15) is 21.7 Å². The molecule has 0 radical (unpaired) electrons. The van der Waals surface area contributed by atoms with Crippen LogP contribution in [0.3, 0.4) is 0 Å². The van der Waals surface area contributed by atoms with E-state index in [9.17, 15) is 4.79 Å². The summed E-state index contributed by atoms with van der Waals surface area (Å²) in [5.41, 5.74) is 7.76. The van der Waals surface area contributed by atoms with Crippen LogP contribution in [0.5, 0.6) is 0 Å². The van der Waals surface area contributed by atoms with Gasteiger partial charge in [-0.2, -0.15) is 0 Å². The number of benzene rings is 1. The Kier molecular flexibility index (Phi) is 3.82. The SMILES string of the molecule is Cc1cnc(C(=O)Nc2ccccc2C(N)=S)cn1. The summed E-state index contributed by atoms with van der Waals surface area (Å²) in [4.78, 5) is 20.3. The molecule has 0 aliphatic rings. The highest BCUT2D eigenvalue weighted by molar-refractivity contribution is 7.80. The minimum Gasteiger partial charge on any atom is -0.389 e. The van der Waals surface area contributed by atoms with Gasteiger partial charge in [0.25, 0.3) is 5.91 Å². The van der Waals surface area contributed by atoms with Crippen LogP contribution < -0.4 is 11.1 Å². The molecule has 0 saturated carbocycles. The number of para-hydroxylation sites is 1. The van der Waals surface area contributed by atoms with Gasteiger partial charge in [-0.1, -0.05) is 24.4 Å². The highest BCUT2D eigenvalue weighted by Gasteiger charge is 2.11. The number of nitrogens with one attached hydrogen (secondary N) is 1. The lowest BCUT2D eigenvalue weighted by Crippen LogP contribution is -2.18. The van der Waals surface area contributed by atoms with Crippen molar-refractivity contribution in [2.75, 3.05) is 5.32 Å². The van der Waals surface area contributed by atoms with Gasteiger partial charge in [-0.3, -0.25) is 9.78 Å². The first-order chi connectivity index (χ1) is 9.08. The van der Waals surface area contributed by atoms with E-state index in [1.807, 2.05) is 0 Å². The molecule has 1 amide bonds. The van der Waals surface area contributed by atoms with E-state index in [0.29, 0.717) is 11.3 Å². The Bertz CT molecular complexity index is 625.